The van der Waals surface area contributed by atoms with Crippen molar-refractivity contribution in [1.29, 1.82) is 0 Å². The number of rotatable bonds is 2. The molecule has 4 aromatic rings. The number of hydrogen-bond donors (Lipinski definition) is 0. The number of hydrogen-bond acceptors (Lipinski definition) is 2. The van der Waals surface area contributed by atoms with Crippen LogP contribution < -0.4 is 0 Å². The fourth-order valence-electron chi connectivity index (χ4n) is 5.41. The molecule has 0 atom stereocenters. The summed E-state index contributed by atoms with van der Waals surface area (Å²) in [7, 11) is 0. The minimum absolute atomic E-state index is 0.790. The quantitative estimate of drug-likeness (QED) is 0.322. The van der Waals surface area contributed by atoms with E-state index < -0.39 is 0 Å². The molecule has 31 heavy (non-hydrogen) atoms. The van der Waals surface area contributed by atoms with Crippen LogP contribution in [0, 0.1) is 0 Å². The second kappa shape index (κ2) is 6.36. The lowest BCUT2D eigenvalue weighted by molar-refractivity contribution is 1.23. The van der Waals surface area contributed by atoms with Gasteiger partial charge in [0.15, 0.2) is 0 Å². The summed E-state index contributed by atoms with van der Waals surface area (Å²) in [6.45, 7) is 0. The van der Waals surface area contributed by atoms with Gasteiger partial charge in [-0.15, -0.1) is 0 Å². The van der Waals surface area contributed by atoms with Gasteiger partial charge in [-0.1, -0.05) is 78.9 Å². The van der Waals surface area contributed by atoms with Gasteiger partial charge in [-0.05, 0) is 69.0 Å². The van der Waals surface area contributed by atoms with E-state index in [2.05, 4.69) is 95.1 Å². The van der Waals surface area contributed by atoms with Gasteiger partial charge in [0.2, 0.25) is 0 Å². The van der Waals surface area contributed by atoms with E-state index in [1.54, 1.807) is 0 Å². The molecule has 0 N–H and O–H groups in total. The van der Waals surface area contributed by atoms with Gasteiger partial charge in [-0.2, -0.15) is 10.2 Å². The topological polar surface area (TPSA) is 24.7 Å². The monoisotopic (exact) mass is 396 g/mol. The van der Waals surface area contributed by atoms with Gasteiger partial charge in [0.05, 0.1) is 11.4 Å². The van der Waals surface area contributed by atoms with E-state index in [0.717, 1.165) is 30.7 Å². The van der Waals surface area contributed by atoms with E-state index in [1.807, 2.05) is 0 Å². The van der Waals surface area contributed by atoms with Crippen LogP contribution in [0.2, 0.25) is 0 Å². The Kier molecular flexibility index (Phi) is 3.48. The number of fused-ring (bicyclic) bond motifs is 6. The summed E-state index contributed by atoms with van der Waals surface area (Å²) < 4.78 is 0. The summed E-state index contributed by atoms with van der Waals surface area (Å²) in [6.07, 6.45) is 2.77. The summed E-state index contributed by atoms with van der Waals surface area (Å²) in [5.74, 6) is 0. The van der Waals surface area contributed by atoms with Crippen molar-refractivity contribution >= 4 is 11.4 Å². The van der Waals surface area contributed by atoms with Crippen molar-refractivity contribution in [1.82, 2.24) is 0 Å². The normalized spacial score (nSPS) is 15.1. The lowest BCUT2D eigenvalue weighted by Gasteiger charge is -2.09. The van der Waals surface area contributed by atoms with Crippen molar-refractivity contribution in [2.24, 2.45) is 10.2 Å². The molecule has 146 valence electrons. The van der Waals surface area contributed by atoms with Crippen molar-refractivity contribution in [3.05, 3.63) is 118 Å². The van der Waals surface area contributed by atoms with Gasteiger partial charge < -0.3 is 0 Å². The number of benzene rings is 4. The molecule has 0 spiro atoms. The highest BCUT2D eigenvalue weighted by Crippen LogP contribution is 2.40. The summed E-state index contributed by atoms with van der Waals surface area (Å²) in [5.41, 5.74) is 15.6. The molecule has 3 aliphatic rings. The first-order valence-corrected chi connectivity index (χ1v) is 10.9. The molecule has 2 aliphatic carbocycles. The summed E-state index contributed by atoms with van der Waals surface area (Å²) in [4.78, 5) is 0. The highest BCUT2D eigenvalue weighted by molar-refractivity contribution is 6.21. The second-order valence-corrected chi connectivity index (χ2v) is 8.64. The van der Waals surface area contributed by atoms with Gasteiger partial charge in [0.1, 0.15) is 0 Å². The molecule has 0 radical (unpaired) electrons. The average Bonchev–Trinajstić information content (AvgIpc) is 3.53. The molecule has 2 nitrogen and oxygen atoms in total. The van der Waals surface area contributed by atoms with E-state index in [4.69, 9.17) is 0 Å². The van der Waals surface area contributed by atoms with Gasteiger partial charge in [0, 0.05) is 12.0 Å². The van der Waals surface area contributed by atoms with Crippen LogP contribution in [-0.4, -0.2) is 11.4 Å². The molecule has 0 bridgehead atoms. The first-order chi connectivity index (χ1) is 15.3. The van der Waals surface area contributed by atoms with Crippen molar-refractivity contribution in [3.8, 4) is 22.3 Å². The smallest absolute Gasteiger partial charge is 0.0766 e. The van der Waals surface area contributed by atoms with Crippen LogP contribution in [0.1, 0.15) is 39.8 Å². The Hall–Kier alpha value is -3.78. The van der Waals surface area contributed by atoms with Crippen molar-refractivity contribution in [2.75, 3.05) is 0 Å². The van der Waals surface area contributed by atoms with Crippen LogP contribution in [0.5, 0.6) is 0 Å². The zero-order valence-electron chi connectivity index (χ0n) is 17.1. The van der Waals surface area contributed by atoms with Crippen molar-refractivity contribution < 1.29 is 0 Å². The third-order valence-corrected chi connectivity index (χ3v) is 6.91. The lowest BCUT2D eigenvalue weighted by Crippen LogP contribution is -2.08. The molecule has 4 aromatic carbocycles. The Morgan fingerprint density at radius 2 is 1.10 bits per heavy atom. The van der Waals surface area contributed by atoms with Gasteiger partial charge >= 0.3 is 0 Å². The van der Waals surface area contributed by atoms with E-state index >= 15 is 0 Å². The maximum absolute atomic E-state index is 4.64. The van der Waals surface area contributed by atoms with Gasteiger partial charge in [0.25, 0.3) is 0 Å². The molecule has 0 amide bonds. The minimum atomic E-state index is 0.790. The molecule has 0 fully saturated rings. The predicted molar refractivity (Wildman–Crippen MR) is 127 cm³/mol. The Bertz CT molecular complexity index is 1460. The van der Waals surface area contributed by atoms with E-state index in [1.165, 1.54) is 55.6 Å². The standard InChI is InChI=1S/C29H20N2/c1-3-8-22-18(6-1)14-21-15-20(12-13-24(21)22)28-17-29(31-30-28)26-11-5-10-25-23-9-4-2-7-19(23)16-27(25)26/h1-13,15H,14,16-17H2. The van der Waals surface area contributed by atoms with Crippen LogP contribution in [0.15, 0.2) is 95.1 Å². The molecule has 0 aromatic heterocycles. The zero-order valence-corrected chi connectivity index (χ0v) is 17.1. The molecule has 7 rings (SSSR count). The van der Waals surface area contributed by atoms with Gasteiger partial charge in [-0.3, -0.25) is 0 Å². The molecule has 0 unspecified atom stereocenters. The van der Waals surface area contributed by atoms with Crippen LogP contribution >= 0.6 is 0 Å². The number of nitrogens with zero attached hydrogens (tertiary/aromatic N) is 2. The fourth-order valence-corrected chi connectivity index (χ4v) is 5.41. The molecule has 2 heteroatoms. The van der Waals surface area contributed by atoms with Crippen LogP contribution in [0.3, 0.4) is 0 Å². The summed E-state index contributed by atoms with van der Waals surface area (Å²) in [5, 5.41) is 9.26. The summed E-state index contributed by atoms with van der Waals surface area (Å²) >= 11 is 0. The van der Waals surface area contributed by atoms with E-state index in [-0.39, 0.29) is 0 Å². The zero-order chi connectivity index (χ0) is 20.4. The Morgan fingerprint density at radius 3 is 1.97 bits per heavy atom. The third kappa shape index (κ3) is 2.51. The maximum atomic E-state index is 4.64. The van der Waals surface area contributed by atoms with Crippen molar-refractivity contribution in [3.63, 3.8) is 0 Å². The maximum Gasteiger partial charge on any atom is 0.0766 e. The lowest BCUT2D eigenvalue weighted by atomic mass is 9.93. The first-order valence-electron chi connectivity index (χ1n) is 10.9. The van der Waals surface area contributed by atoms with Crippen LogP contribution in [0.4, 0.5) is 0 Å². The third-order valence-electron chi connectivity index (χ3n) is 6.91. The fraction of sp³-hybridized carbons (Fsp3) is 0.103. The van der Waals surface area contributed by atoms with Crippen LogP contribution in [-0.2, 0) is 12.8 Å². The molecule has 0 saturated heterocycles. The van der Waals surface area contributed by atoms with Gasteiger partial charge in [-0.25, -0.2) is 0 Å². The predicted octanol–water partition coefficient (Wildman–Crippen LogP) is 6.43. The summed E-state index contributed by atoms with van der Waals surface area (Å²) in [6, 6.07) is 30.8. The Balaban J connectivity index is 1.19. The highest BCUT2D eigenvalue weighted by atomic mass is 15.2. The average molecular weight is 396 g/mol. The highest BCUT2D eigenvalue weighted by Gasteiger charge is 2.26. The Morgan fingerprint density at radius 1 is 0.452 bits per heavy atom. The molecule has 1 aliphatic heterocycles. The molecule has 0 saturated carbocycles. The minimum Gasteiger partial charge on any atom is -0.154 e. The molecular weight excluding hydrogens is 376 g/mol. The first kappa shape index (κ1) is 17.0. The second-order valence-electron chi connectivity index (χ2n) is 8.64. The Labute approximate surface area is 181 Å². The van der Waals surface area contributed by atoms with E-state index in [0.29, 0.717) is 0 Å². The van der Waals surface area contributed by atoms with Crippen molar-refractivity contribution in [2.45, 2.75) is 19.3 Å². The van der Waals surface area contributed by atoms with Crippen LogP contribution in [0.25, 0.3) is 22.3 Å². The molecule has 1 heterocycles. The SMILES string of the molecule is c1ccc2c(c1)Cc1cc(C3=NN=C(c4cccc5c4Cc4ccccc4-5)C3)ccc1-2. The molecular formula is C29H20N2. The largest absolute Gasteiger partial charge is 0.154 e. The van der Waals surface area contributed by atoms with E-state index in [9.17, 15) is 0 Å².